The molecule has 0 saturated carbocycles. The molecule has 0 aromatic heterocycles. The van der Waals surface area contributed by atoms with E-state index in [0.717, 1.165) is 25.7 Å². The van der Waals surface area contributed by atoms with E-state index >= 15 is 0 Å². The van der Waals surface area contributed by atoms with Crippen molar-refractivity contribution in [2.45, 2.75) is 63.1 Å². The number of rotatable bonds is 13. The highest BCUT2D eigenvalue weighted by molar-refractivity contribution is 7.89. The van der Waals surface area contributed by atoms with Crippen LogP contribution in [0.2, 0.25) is 0 Å². The van der Waals surface area contributed by atoms with Crippen molar-refractivity contribution in [3.05, 3.63) is 83.9 Å². The molecule has 35 heavy (non-hydrogen) atoms. The monoisotopic (exact) mass is 497 g/mol. The van der Waals surface area contributed by atoms with Crippen molar-refractivity contribution in [2.75, 3.05) is 6.61 Å². The molecule has 1 amide bonds. The van der Waals surface area contributed by atoms with E-state index in [-0.39, 0.29) is 12.2 Å². The van der Waals surface area contributed by atoms with Crippen LogP contribution in [0, 0.1) is 11.8 Å². The van der Waals surface area contributed by atoms with Crippen LogP contribution in [0.25, 0.3) is 0 Å². The smallest absolute Gasteiger partial charge is 0.239 e. The zero-order valence-electron chi connectivity index (χ0n) is 20.1. The molecule has 2 aromatic carbocycles. The quantitative estimate of drug-likeness (QED) is 0.319. The van der Waals surface area contributed by atoms with Crippen LogP contribution in [0.3, 0.4) is 0 Å². The maximum atomic E-state index is 12.2. The number of fused-ring (bicyclic) bond motifs is 2. The Hall–Kier alpha value is -2.48. The first-order valence-electron chi connectivity index (χ1n) is 12.5. The van der Waals surface area contributed by atoms with Gasteiger partial charge in [-0.2, -0.15) is 0 Å². The van der Waals surface area contributed by atoms with E-state index in [2.05, 4.69) is 29.0 Å². The molecular formula is C28H35NO5S. The van der Waals surface area contributed by atoms with E-state index < -0.39 is 15.9 Å². The van der Waals surface area contributed by atoms with Crippen molar-refractivity contribution >= 4 is 15.9 Å². The number of carbonyl (C=O) groups is 1. The average molecular weight is 498 g/mol. The first-order chi connectivity index (χ1) is 17.0. The van der Waals surface area contributed by atoms with Crippen LogP contribution in [0.15, 0.2) is 72.8 Å². The number of sulfonamides is 1. The average Bonchev–Trinajstić information content (AvgIpc) is 3.44. The van der Waals surface area contributed by atoms with Crippen molar-refractivity contribution in [3.8, 4) is 0 Å². The van der Waals surface area contributed by atoms with Gasteiger partial charge in [0.05, 0.1) is 31.2 Å². The molecule has 0 spiro atoms. The van der Waals surface area contributed by atoms with Crippen molar-refractivity contribution in [1.29, 1.82) is 0 Å². The van der Waals surface area contributed by atoms with Gasteiger partial charge in [-0.05, 0) is 49.1 Å². The molecule has 4 rings (SSSR count). The van der Waals surface area contributed by atoms with Crippen LogP contribution in [0.4, 0.5) is 0 Å². The van der Waals surface area contributed by atoms with E-state index in [9.17, 15) is 13.2 Å². The van der Waals surface area contributed by atoms with Gasteiger partial charge in [-0.25, -0.2) is 8.42 Å². The first-order valence-corrected chi connectivity index (χ1v) is 14.1. The molecule has 2 heterocycles. The Bertz CT molecular complexity index is 1070. The van der Waals surface area contributed by atoms with Gasteiger partial charge in [-0.15, -0.1) is 0 Å². The minimum absolute atomic E-state index is 0.186. The predicted molar refractivity (Wildman–Crippen MR) is 136 cm³/mol. The number of hydrogen-bond donors (Lipinski definition) is 1. The van der Waals surface area contributed by atoms with Gasteiger partial charge in [0.2, 0.25) is 15.9 Å². The second kappa shape index (κ2) is 12.5. The van der Waals surface area contributed by atoms with Gasteiger partial charge >= 0.3 is 0 Å². The highest BCUT2D eigenvalue weighted by Gasteiger charge is 2.48. The standard InChI is InChI=1S/C28H35NO5S/c30-28(29-35(31,32)21-23-13-7-4-8-14-23)16-10-2-1-9-15-24-25(27-18-17-26(24)34-27)20-33-19-22-11-5-3-6-12-22/h1,3-9,11-14,24-27H,2,10,15-21H2,(H,29,30)/b9-1-/t24-,25+,26-,27+/m1/s1. The number of allylic oxidation sites excluding steroid dienone is 2. The molecule has 2 fully saturated rings. The molecule has 1 N–H and O–H groups in total. The molecular weight excluding hydrogens is 462 g/mol. The van der Waals surface area contributed by atoms with Gasteiger partial charge in [0, 0.05) is 12.3 Å². The van der Waals surface area contributed by atoms with Crippen molar-refractivity contribution in [1.82, 2.24) is 4.72 Å². The van der Waals surface area contributed by atoms with Crippen LogP contribution in [0.5, 0.6) is 0 Å². The minimum atomic E-state index is -3.67. The summed E-state index contributed by atoms with van der Waals surface area (Å²) in [5, 5.41) is 0. The second-order valence-electron chi connectivity index (χ2n) is 9.49. The number of amides is 1. The largest absolute Gasteiger partial charge is 0.376 e. The van der Waals surface area contributed by atoms with Crippen LogP contribution in [-0.2, 0) is 36.7 Å². The maximum Gasteiger partial charge on any atom is 0.239 e. The van der Waals surface area contributed by atoms with Crippen LogP contribution < -0.4 is 4.72 Å². The number of benzene rings is 2. The summed E-state index contributed by atoms with van der Waals surface area (Å²) < 4.78 is 38.7. The van der Waals surface area contributed by atoms with Crippen LogP contribution >= 0.6 is 0 Å². The number of carbonyl (C=O) groups excluding carboxylic acids is 1. The summed E-state index contributed by atoms with van der Waals surface area (Å²) in [6.07, 6.45) is 9.61. The van der Waals surface area contributed by atoms with Gasteiger partial charge in [0.15, 0.2) is 0 Å². The topological polar surface area (TPSA) is 81.7 Å². The number of nitrogens with one attached hydrogen (secondary N) is 1. The van der Waals surface area contributed by atoms with Crippen LogP contribution in [-0.4, -0.2) is 33.1 Å². The van der Waals surface area contributed by atoms with E-state index in [4.69, 9.17) is 9.47 Å². The van der Waals surface area contributed by atoms with Gasteiger partial charge in [-0.1, -0.05) is 72.8 Å². The molecule has 0 radical (unpaired) electrons. The summed E-state index contributed by atoms with van der Waals surface area (Å²) in [5.74, 6) is 0.239. The zero-order chi connectivity index (χ0) is 24.5. The predicted octanol–water partition coefficient (Wildman–Crippen LogP) is 4.76. The normalized spacial score (nSPS) is 23.7. The molecule has 2 aliphatic heterocycles. The Balaban J connectivity index is 1.14. The molecule has 4 atom stereocenters. The van der Waals surface area contributed by atoms with Gasteiger partial charge in [0.1, 0.15) is 0 Å². The molecule has 2 saturated heterocycles. The fraction of sp³-hybridized carbons (Fsp3) is 0.464. The second-order valence-corrected chi connectivity index (χ2v) is 11.2. The molecule has 0 unspecified atom stereocenters. The molecule has 6 nitrogen and oxygen atoms in total. The zero-order valence-corrected chi connectivity index (χ0v) is 20.9. The summed E-state index contributed by atoms with van der Waals surface area (Å²) >= 11 is 0. The van der Waals surface area contributed by atoms with Gasteiger partial charge in [0.25, 0.3) is 0 Å². The number of unbranched alkanes of at least 4 members (excludes halogenated alkanes) is 1. The van der Waals surface area contributed by atoms with Gasteiger partial charge in [-0.3, -0.25) is 9.52 Å². The van der Waals surface area contributed by atoms with E-state index in [1.54, 1.807) is 24.3 Å². The summed E-state index contributed by atoms with van der Waals surface area (Å²) in [7, 11) is -3.67. The highest BCUT2D eigenvalue weighted by Crippen LogP contribution is 2.45. The van der Waals surface area contributed by atoms with Crippen molar-refractivity contribution in [3.63, 3.8) is 0 Å². The Labute approximate surface area is 208 Å². The molecule has 2 aromatic rings. The summed E-state index contributed by atoms with van der Waals surface area (Å²) in [4.78, 5) is 12.1. The maximum absolute atomic E-state index is 12.2. The third-order valence-electron chi connectivity index (χ3n) is 6.83. The number of ether oxygens (including phenoxy) is 2. The Kier molecular flexibility index (Phi) is 9.12. The summed E-state index contributed by atoms with van der Waals surface area (Å²) in [6.45, 7) is 1.34. The third kappa shape index (κ3) is 7.75. The molecule has 0 aliphatic carbocycles. The molecule has 188 valence electrons. The highest BCUT2D eigenvalue weighted by atomic mass is 32.2. The van der Waals surface area contributed by atoms with E-state index in [0.29, 0.717) is 49.2 Å². The third-order valence-corrected chi connectivity index (χ3v) is 8.08. The molecule has 7 heteroatoms. The van der Waals surface area contributed by atoms with Gasteiger partial charge < -0.3 is 9.47 Å². The fourth-order valence-corrected chi connectivity index (χ4v) is 6.27. The molecule has 2 bridgehead atoms. The fourth-order valence-electron chi connectivity index (χ4n) is 5.12. The first kappa shape index (κ1) is 25.6. The lowest BCUT2D eigenvalue weighted by Gasteiger charge is -2.27. The van der Waals surface area contributed by atoms with Crippen LogP contribution in [0.1, 0.15) is 49.7 Å². The SMILES string of the molecule is O=C(CCC/C=C\C[C@@H]1[C@H](COCc2ccccc2)[C@@H]2CC[C@H]1O2)NS(=O)(=O)Cc1ccccc1. The Morgan fingerprint density at radius 2 is 1.60 bits per heavy atom. The Morgan fingerprint density at radius 1 is 0.943 bits per heavy atom. The summed E-state index contributed by atoms with van der Waals surface area (Å²) in [6, 6.07) is 19.1. The van der Waals surface area contributed by atoms with E-state index in [1.807, 2.05) is 24.3 Å². The lowest BCUT2D eigenvalue weighted by molar-refractivity contribution is -0.119. The Morgan fingerprint density at radius 3 is 2.31 bits per heavy atom. The lowest BCUT2D eigenvalue weighted by atomic mass is 9.78. The van der Waals surface area contributed by atoms with Crippen molar-refractivity contribution in [2.24, 2.45) is 11.8 Å². The molecule has 2 aliphatic rings. The minimum Gasteiger partial charge on any atom is -0.376 e. The summed E-state index contributed by atoms with van der Waals surface area (Å²) in [5.41, 5.74) is 1.84. The number of hydrogen-bond acceptors (Lipinski definition) is 5. The van der Waals surface area contributed by atoms with Crippen molar-refractivity contribution < 1.29 is 22.7 Å². The lowest BCUT2D eigenvalue weighted by Crippen LogP contribution is -2.31. The van der Waals surface area contributed by atoms with E-state index in [1.165, 1.54) is 5.56 Å².